The Hall–Kier alpha value is -2.31. The molecule has 0 saturated carbocycles. The fourth-order valence-corrected chi connectivity index (χ4v) is 2.62. The standard InChI is InChI=1S/C17H20N4O2/c1-11-16(19-8-9-23-11)17(22)21-14-5-3-4-13(10-14)15-6-7-18-12(2)20-15/h3-7,10-11,16,19H,8-9H2,1-2H3,(H,21,22)/t11-,16+/m1/s1. The second kappa shape index (κ2) is 6.85. The lowest BCUT2D eigenvalue weighted by Gasteiger charge is -2.29. The minimum absolute atomic E-state index is 0.0896. The highest BCUT2D eigenvalue weighted by molar-refractivity contribution is 5.95. The van der Waals surface area contributed by atoms with E-state index >= 15 is 0 Å². The minimum atomic E-state index is -0.339. The molecule has 23 heavy (non-hydrogen) atoms. The maximum absolute atomic E-state index is 12.4. The summed E-state index contributed by atoms with van der Waals surface area (Å²) in [6.07, 6.45) is 1.59. The largest absolute Gasteiger partial charge is 0.375 e. The van der Waals surface area contributed by atoms with Crippen LogP contribution in [0.3, 0.4) is 0 Å². The van der Waals surface area contributed by atoms with Crippen LogP contribution in [0.2, 0.25) is 0 Å². The number of carbonyl (C=O) groups excluding carboxylic acids is 1. The highest BCUT2D eigenvalue weighted by Gasteiger charge is 2.28. The summed E-state index contributed by atoms with van der Waals surface area (Å²) >= 11 is 0. The molecule has 6 nitrogen and oxygen atoms in total. The zero-order valence-electron chi connectivity index (χ0n) is 13.2. The number of ether oxygens (including phenoxy) is 1. The van der Waals surface area contributed by atoms with E-state index < -0.39 is 0 Å². The molecule has 2 atom stereocenters. The fourth-order valence-electron chi connectivity index (χ4n) is 2.62. The van der Waals surface area contributed by atoms with Gasteiger partial charge in [-0.25, -0.2) is 9.97 Å². The maximum atomic E-state index is 12.4. The molecule has 1 aliphatic rings. The summed E-state index contributed by atoms with van der Waals surface area (Å²) in [7, 11) is 0. The Morgan fingerprint density at radius 3 is 3.04 bits per heavy atom. The predicted octanol–water partition coefficient (Wildman–Crippen LogP) is 1.77. The van der Waals surface area contributed by atoms with E-state index in [2.05, 4.69) is 20.6 Å². The van der Waals surface area contributed by atoms with Crippen molar-refractivity contribution in [3.8, 4) is 11.3 Å². The molecular weight excluding hydrogens is 292 g/mol. The zero-order valence-corrected chi connectivity index (χ0v) is 13.2. The van der Waals surface area contributed by atoms with Crippen molar-refractivity contribution in [3.05, 3.63) is 42.4 Å². The topological polar surface area (TPSA) is 76.1 Å². The van der Waals surface area contributed by atoms with Gasteiger partial charge in [-0.05, 0) is 32.0 Å². The number of morpholine rings is 1. The molecule has 1 aliphatic heterocycles. The van der Waals surface area contributed by atoms with Gasteiger partial charge in [-0.15, -0.1) is 0 Å². The van der Waals surface area contributed by atoms with Gasteiger partial charge < -0.3 is 15.4 Å². The molecule has 0 spiro atoms. The summed E-state index contributed by atoms with van der Waals surface area (Å²) < 4.78 is 5.52. The monoisotopic (exact) mass is 312 g/mol. The van der Waals surface area contributed by atoms with Gasteiger partial charge in [0.05, 0.1) is 18.4 Å². The molecule has 0 aliphatic carbocycles. The fraction of sp³-hybridized carbons (Fsp3) is 0.353. The Bertz CT molecular complexity index is 704. The first-order chi connectivity index (χ1) is 11.1. The average Bonchev–Trinajstić information content (AvgIpc) is 2.55. The van der Waals surface area contributed by atoms with Gasteiger partial charge in [0.15, 0.2) is 0 Å². The van der Waals surface area contributed by atoms with Gasteiger partial charge in [-0.3, -0.25) is 4.79 Å². The van der Waals surface area contributed by atoms with Crippen LogP contribution in [0.4, 0.5) is 5.69 Å². The summed E-state index contributed by atoms with van der Waals surface area (Å²) in [5, 5.41) is 6.13. The summed E-state index contributed by atoms with van der Waals surface area (Å²) in [5.41, 5.74) is 2.51. The Morgan fingerprint density at radius 2 is 2.26 bits per heavy atom. The number of hydrogen-bond donors (Lipinski definition) is 2. The SMILES string of the molecule is Cc1nccc(-c2cccc(NC(=O)[C@H]3NCCO[C@@H]3C)c2)n1. The van der Waals surface area contributed by atoms with E-state index in [1.807, 2.05) is 44.2 Å². The molecule has 2 heterocycles. The van der Waals surface area contributed by atoms with E-state index in [-0.39, 0.29) is 18.1 Å². The summed E-state index contributed by atoms with van der Waals surface area (Å²) in [6.45, 7) is 5.07. The number of amides is 1. The van der Waals surface area contributed by atoms with Crippen molar-refractivity contribution in [2.45, 2.75) is 26.0 Å². The van der Waals surface area contributed by atoms with Crippen LogP contribution >= 0.6 is 0 Å². The number of nitrogens with zero attached hydrogens (tertiary/aromatic N) is 2. The molecule has 0 radical (unpaired) electrons. The van der Waals surface area contributed by atoms with Crippen molar-refractivity contribution >= 4 is 11.6 Å². The van der Waals surface area contributed by atoms with E-state index in [0.29, 0.717) is 19.0 Å². The lowest BCUT2D eigenvalue weighted by atomic mass is 10.1. The van der Waals surface area contributed by atoms with Crippen LogP contribution in [0, 0.1) is 6.92 Å². The Kier molecular flexibility index (Phi) is 4.64. The molecule has 0 unspecified atom stereocenters. The van der Waals surface area contributed by atoms with Gasteiger partial charge in [0.25, 0.3) is 0 Å². The number of aromatic nitrogens is 2. The van der Waals surface area contributed by atoms with Crippen molar-refractivity contribution in [3.63, 3.8) is 0 Å². The van der Waals surface area contributed by atoms with Crippen LogP contribution < -0.4 is 10.6 Å². The molecule has 3 rings (SSSR count). The third kappa shape index (κ3) is 3.72. The number of rotatable bonds is 3. The number of aryl methyl sites for hydroxylation is 1. The van der Waals surface area contributed by atoms with E-state index in [1.165, 1.54) is 0 Å². The quantitative estimate of drug-likeness (QED) is 0.903. The molecule has 1 amide bonds. The van der Waals surface area contributed by atoms with Crippen molar-refractivity contribution in [2.75, 3.05) is 18.5 Å². The summed E-state index contributed by atoms with van der Waals surface area (Å²) in [5.74, 6) is 0.627. The van der Waals surface area contributed by atoms with Crippen molar-refractivity contribution in [1.82, 2.24) is 15.3 Å². The third-order valence-corrected chi connectivity index (χ3v) is 3.80. The van der Waals surface area contributed by atoms with Crippen LogP contribution in [0.25, 0.3) is 11.3 Å². The van der Waals surface area contributed by atoms with Crippen LogP contribution in [-0.2, 0) is 9.53 Å². The number of hydrogen-bond acceptors (Lipinski definition) is 5. The lowest BCUT2D eigenvalue weighted by Crippen LogP contribution is -2.53. The summed E-state index contributed by atoms with van der Waals surface area (Å²) in [4.78, 5) is 20.9. The van der Waals surface area contributed by atoms with E-state index in [9.17, 15) is 4.79 Å². The lowest BCUT2D eigenvalue weighted by molar-refractivity contribution is -0.123. The van der Waals surface area contributed by atoms with Crippen LogP contribution in [0.1, 0.15) is 12.7 Å². The molecule has 2 aromatic rings. The molecule has 2 N–H and O–H groups in total. The molecular formula is C17H20N4O2. The number of anilines is 1. The third-order valence-electron chi connectivity index (χ3n) is 3.80. The number of nitrogens with one attached hydrogen (secondary N) is 2. The van der Waals surface area contributed by atoms with Gasteiger partial charge in [-0.1, -0.05) is 12.1 Å². The normalized spacial score (nSPS) is 21.0. The van der Waals surface area contributed by atoms with Gasteiger partial charge in [0, 0.05) is 24.0 Å². The Balaban J connectivity index is 1.76. The van der Waals surface area contributed by atoms with Crippen molar-refractivity contribution < 1.29 is 9.53 Å². The van der Waals surface area contributed by atoms with Gasteiger partial charge in [0.1, 0.15) is 11.9 Å². The second-order valence-electron chi connectivity index (χ2n) is 5.57. The van der Waals surface area contributed by atoms with Crippen LogP contribution in [-0.4, -0.2) is 41.2 Å². The Morgan fingerprint density at radius 1 is 1.39 bits per heavy atom. The maximum Gasteiger partial charge on any atom is 0.244 e. The first kappa shape index (κ1) is 15.6. The molecule has 1 saturated heterocycles. The predicted molar refractivity (Wildman–Crippen MR) is 88.0 cm³/mol. The highest BCUT2D eigenvalue weighted by atomic mass is 16.5. The average molecular weight is 312 g/mol. The van der Waals surface area contributed by atoms with E-state index in [1.54, 1.807) is 6.20 Å². The first-order valence-electron chi connectivity index (χ1n) is 7.69. The molecule has 0 bridgehead atoms. The highest BCUT2D eigenvalue weighted by Crippen LogP contribution is 2.21. The minimum Gasteiger partial charge on any atom is -0.375 e. The van der Waals surface area contributed by atoms with Crippen molar-refractivity contribution in [2.24, 2.45) is 0 Å². The van der Waals surface area contributed by atoms with Crippen LogP contribution in [0.5, 0.6) is 0 Å². The smallest absolute Gasteiger partial charge is 0.244 e. The molecule has 6 heteroatoms. The second-order valence-corrected chi connectivity index (χ2v) is 5.57. The van der Waals surface area contributed by atoms with Gasteiger partial charge in [-0.2, -0.15) is 0 Å². The number of benzene rings is 1. The van der Waals surface area contributed by atoms with Gasteiger partial charge in [0.2, 0.25) is 5.91 Å². The first-order valence-corrected chi connectivity index (χ1v) is 7.69. The number of carbonyl (C=O) groups is 1. The van der Waals surface area contributed by atoms with Gasteiger partial charge >= 0.3 is 0 Å². The Labute approximate surface area is 135 Å². The molecule has 1 aromatic heterocycles. The summed E-state index contributed by atoms with van der Waals surface area (Å²) in [6, 6.07) is 9.15. The molecule has 1 fully saturated rings. The molecule has 120 valence electrons. The van der Waals surface area contributed by atoms with E-state index in [0.717, 1.165) is 16.9 Å². The van der Waals surface area contributed by atoms with Crippen molar-refractivity contribution in [1.29, 1.82) is 0 Å². The van der Waals surface area contributed by atoms with E-state index in [4.69, 9.17) is 4.74 Å². The zero-order chi connectivity index (χ0) is 16.2. The van der Waals surface area contributed by atoms with Crippen LogP contribution in [0.15, 0.2) is 36.5 Å². The molecule has 1 aromatic carbocycles.